The zero-order chi connectivity index (χ0) is 25.3. The zero-order valence-corrected chi connectivity index (χ0v) is 19.3. The topological polar surface area (TPSA) is 85.7 Å². The van der Waals surface area contributed by atoms with E-state index in [0.29, 0.717) is 40.0 Å². The number of alkyl halides is 3. The van der Waals surface area contributed by atoms with Crippen LogP contribution >= 0.6 is 0 Å². The standard InChI is InChI=1S/C26H24F3NO5/c1-14(2)23-21(35-24(30-23)16-4-6-17(7-5-16)26(27,28)29)10-11-33-18-8-9-19-20(15(3)25(31)32)13-34-22(19)12-18/h4-9,12-15H,10-11H2,1-3H3,(H,31,32). The molecular weight excluding hydrogens is 463 g/mol. The van der Waals surface area contributed by atoms with E-state index in [1.807, 2.05) is 13.8 Å². The number of halogens is 3. The summed E-state index contributed by atoms with van der Waals surface area (Å²) < 4.78 is 55.8. The van der Waals surface area contributed by atoms with Crippen LogP contribution in [0.15, 0.2) is 57.6 Å². The summed E-state index contributed by atoms with van der Waals surface area (Å²) in [6.07, 6.45) is -2.56. The van der Waals surface area contributed by atoms with Gasteiger partial charge in [0.15, 0.2) is 0 Å². The van der Waals surface area contributed by atoms with Gasteiger partial charge in [0.05, 0.1) is 30.0 Å². The lowest BCUT2D eigenvalue weighted by atomic mass is 10.0. The summed E-state index contributed by atoms with van der Waals surface area (Å²) in [6, 6.07) is 9.90. The molecule has 2 heterocycles. The van der Waals surface area contributed by atoms with Crippen molar-refractivity contribution in [3.63, 3.8) is 0 Å². The molecule has 0 aliphatic heterocycles. The summed E-state index contributed by atoms with van der Waals surface area (Å²) in [5.74, 6) is -0.165. The Bertz CT molecular complexity index is 1340. The number of fused-ring (bicyclic) bond motifs is 1. The highest BCUT2D eigenvalue weighted by Crippen LogP contribution is 2.33. The van der Waals surface area contributed by atoms with Crippen LogP contribution in [-0.2, 0) is 17.4 Å². The molecule has 4 rings (SSSR count). The predicted octanol–water partition coefficient (Wildman–Crippen LogP) is 7.04. The summed E-state index contributed by atoms with van der Waals surface area (Å²) in [5, 5.41) is 9.96. The molecule has 0 amide bonds. The molecule has 0 saturated carbocycles. The summed E-state index contributed by atoms with van der Waals surface area (Å²) in [7, 11) is 0. The quantitative estimate of drug-likeness (QED) is 0.287. The molecule has 0 aliphatic rings. The van der Waals surface area contributed by atoms with Crippen LogP contribution in [0, 0.1) is 0 Å². The number of aliphatic carboxylic acids is 1. The summed E-state index contributed by atoms with van der Waals surface area (Å²) >= 11 is 0. The van der Waals surface area contributed by atoms with Gasteiger partial charge in [0, 0.05) is 29.0 Å². The second kappa shape index (κ2) is 9.48. The molecule has 1 unspecified atom stereocenters. The number of carboxylic acids is 1. The average Bonchev–Trinajstić information content (AvgIpc) is 3.42. The van der Waals surface area contributed by atoms with Crippen molar-refractivity contribution in [3.05, 3.63) is 71.3 Å². The Hall–Kier alpha value is -3.75. The first-order valence-corrected chi connectivity index (χ1v) is 11.1. The molecule has 2 aromatic carbocycles. The number of oxazole rings is 1. The number of nitrogens with zero attached hydrogens (tertiary/aromatic N) is 1. The van der Waals surface area contributed by atoms with Gasteiger partial charge in [0.1, 0.15) is 17.1 Å². The van der Waals surface area contributed by atoms with E-state index in [4.69, 9.17) is 13.6 Å². The van der Waals surface area contributed by atoms with Gasteiger partial charge in [-0.3, -0.25) is 4.79 Å². The number of hydrogen-bond donors (Lipinski definition) is 1. The first-order chi connectivity index (χ1) is 16.5. The van der Waals surface area contributed by atoms with Crippen molar-refractivity contribution in [1.29, 1.82) is 0 Å². The Kier molecular flexibility index (Phi) is 6.60. The third kappa shape index (κ3) is 5.18. The van der Waals surface area contributed by atoms with E-state index in [1.54, 1.807) is 25.1 Å². The minimum atomic E-state index is -4.41. The largest absolute Gasteiger partial charge is 0.493 e. The minimum absolute atomic E-state index is 0.0473. The van der Waals surface area contributed by atoms with Crippen molar-refractivity contribution in [2.45, 2.75) is 45.2 Å². The lowest BCUT2D eigenvalue weighted by Crippen LogP contribution is -2.06. The third-order valence-electron chi connectivity index (χ3n) is 5.75. The number of furan rings is 1. The van der Waals surface area contributed by atoms with Crippen molar-refractivity contribution >= 4 is 16.9 Å². The van der Waals surface area contributed by atoms with Crippen molar-refractivity contribution in [2.24, 2.45) is 0 Å². The number of benzene rings is 2. The number of aromatic nitrogens is 1. The maximum absolute atomic E-state index is 12.8. The number of carbonyl (C=O) groups is 1. The second-order valence-electron chi connectivity index (χ2n) is 8.56. The van der Waals surface area contributed by atoms with Gasteiger partial charge in [-0.15, -0.1) is 0 Å². The molecule has 4 aromatic rings. The van der Waals surface area contributed by atoms with E-state index < -0.39 is 23.6 Å². The molecule has 1 N–H and O–H groups in total. The van der Waals surface area contributed by atoms with E-state index in [1.165, 1.54) is 18.4 Å². The Labute approximate surface area is 199 Å². The first-order valence-electron chi connectivity index (χ1n) is 11.1. The molecule has 6 nitrogen and oxygen atoms in total. The molecule has 35 heavy (non-hydrogen) atoms. The van der Waals surface area contributed by atoms with Crippen LogP contribution in [-0.4, -0.2) is 22.7 Å². The number of rotatable bonds is 8. The van der Waals surface area contributed by atoms with E-state index in [9.17, 15) is 23.1 Å². The Morgan fingerprint density at radius 3 is 2.46 bits per heavy atom. The average molecular weight is 487 g/mol. The molecule has 1 atom stereocenters. The maximum Gasteiger partial charge on any atom is 0.416 e. The number of hydrogen-bond acceptors (Lipinski definition) is 5. The lowest BCUT2D eigenvalue weighted by molar-refractivity contribution is -0.138. The predicted molar refractivity (Wildman–Crippen MR) is 122 cm³/mol. The van der Waals surface area contributed by atoms with Gasteiger partial charge < -0.3 is 18.7 Å². The zero-order valence-electron chi connectivity index (χ0n) is 19.3. The molecule has 0 fully saturated rings. The highest BCUT2D eigenvalue weighted by molar-refractivity contribution is 5.88. The molecule has 0 radical (unpaired) electrons. The van der Waals surface area contributed by atoms with Crippen LogP contribution in [0.25, 0.3) is 22.4 Å². The van der Waals surface area contributed by atoms with Gasteiger partial charge in [-0.05, 0) is 49.2 Å². The van der Waals surface area contributed by atoms with Gasteiger partial charge in [0.2, 0.25) is 5.89 Å². The molecular formula is C26H24F3NO5. The second-order valence-corrected chi connectivity index (χ2v) is 8.56. The van der Waals surface area contributed by atoms with Crippen LogP contribution in [0.2, 0.25) is 0 Å². The monoisotopic (exact) mass is 487 g/mol. The van der Waals surface area contributed by atoms with Gasteiger partial charge >= 0.3 is 12.1 Å². The SMILES string of the molecule is CC(C)c1nc(-c2ccc(C(F)(F)F)cc2)oc1CCOc1ccc2c(C(C)C(=O)O)coc2c1. The van der Waals surface area contributed by atoms with Crippen molar-refractivity contribution in [3.8, 4) is 17.2 Å². The van der Waals surface area contributed by atoms with Crippen molar-refractivity contribution < 1.29 is 36.6 Å². The molecule has 2 aromatic heterocycles. The molecule has 0 aliphatic carbocycles. The summed E-state index contributed by atoms with van der Waals surface area (Å²) in [6.45, 7) is 5.78. The van der Waals surface area contributed by atoms with Crippen LogP contribution in [0.3, 0.4) is 0 Å². The smallest absolute Gasteiger partial charge is 0.416 e. The fraction of sp³-hybridized carbons (Fsp3) is 0.308. The van der Waals surface area contributed by atoms with Crippen LogP contribution in [0.4, 0.5) is 13.2 Å². The Morgan fingerprint density at radius 1 is 1.11 bits per heavy atom. The number of carboxylic acid groups (broad SMARTS) is 1. The van der Waals surface area contributed by atoms with Gasteiger partial charge in [-0.2, -0.15) is 13.2 Å². The van der Waals surface area contributed by atoms with Gasteiger partial charge in [0.25, 0.3) is 0 Å². The molecule has 184 valence electrons. The fourth-order valence-corrected chi connectivity index (χ4v) is 3.77. The molecule has 0 spiro atoms. The fourth-order valence-electron chi connectivity index (χ4n) is 3.77. The van der Waals surface area contributed by atoms with Crippen LogP contribution in [0.1, 0.15) is 55.2 Å². The summed E-state index contributed by atoms with van der Waals surface area (Å²) in [4.78, 5) is 15.8. The maximum atomic E-state index is 12.8. The molecule has 0 saturated heterocycles. The Morgan fingerprint density at radius 2 is 1.83 bits per heavy atom. The van der Waals surface area contributed by atoms with Crippen molar-refractivity contribution in [2.75, 3.05) is 6.61 Å². The van der Waals surface area contributed by atoms with Gasteiger partial charge in [-0.25, -0.2) is 4.98 Å². The van der Waals surface area contributed by atoms with Gasteiger partial charge in [-0.1, -0.05) is 13.8 Å². The van der Waals surface area contributed by atoms with Crippen molar-refractivity contribution in [1.82, 2.24) is 4.98 Å². The molecule has 9 heteroatoms. The van der Waals surface area contributed by atoms with Crippen LogP contribution in [0.5, 0.6) is 5.75 Å². The minimum Gasteiger partial charge on any atom is -0.493 e. The van der Waals surface area contributed by atoms with E-state index >= 15 is 0 Å². The third-order valence-corrected chi connectivity index (χ3v) is 5.75. The first kappa shape index (κ1) is 24.4. The lowest BCUT2D eigenvalue weighted by Gasteiger charge is -2.07. The summed E-state index contributed by atoms with van der Waals surface area (Å²) in [5.41, 5.74) is 1.57. The van der Waals surface area contributed by atoms with E-state index in [0.717, 1.165) is 17.8 Å². The van der Waals surface area contributed by atoms with E-state index in [2.05, 4.69) is 4.98 Å². The normalized spacial score (nSPS) is 12.9. The van der Waals surface area contributed by atoms with E-state index in [-0.39, 0.29) is 18.4 Å². The molecule has 0 bridgehead atoms. The number of ether oxygens (including phenoxy) is 1. The Balaban J connectivity index is 1.47. The highest BCUT2D eigenvalue weighted by atomic mass is 19.4. The van der Waals surface area contributed by atoms with Crippen LogP contribution < -0.4 is 4.74 Å². The highest BCUT2D eigenvalue weighted by Gasteiger charge is 2.30.